The lowest BCUT2D eigenvalue weighted by atomic mass is 9.94. The Kier molecular flexibility index (Phi) is 14.9. The molecule has 0 aliphatic carbocycles. The van der Waals surface area contributed by atoms with Gasteiger partial charge in [0.25, 0.3) is 0 Å². The van der Waals surface area contributed by atoms with Crippen LogP contribution in [0.5, 0.6) is 0 Å². The van der Waals surface area contributed by atoms with E-state index in [4.69, 9.17) is 18.4 Å². The summed E-state index contributed by atoms with van der Waals surface area (Å²) in [6.45, 7) is 10.2. The molecule has 0 radical (unpaired) electrons. The van der Waals surface area contributed by atoms with Crippen LogP contribution >= 0.6 is 22.1 Å². The Hall–Kier alpha value is -1.67. The number of unbranched alkanes of at least 4 members (excludes halogenated alkanes) is 6. The molecule has 47 heavy (non-hydrogen) atoms. The molecule has 7 atom stereocenters. The van der Waals surface area contributed by atoms with Gasteiger partial charge in [-0.3, -0.25) is 4.79 Å². The van der Waals surface area contributed by atoms with Gasteiger partial charge in [-0.1, -0.05) is 43.8 Å². The van der Waals surface area contributed by atoms with Crippen molar-refractivity contribution >= 4 is 40.1 Å². The normalized spacial score (nSPS) is 30.9. The first-order valence-corrected chi connectivity index (χ1v) is 20.7. The second-order valence-electron chi connectivity index (χ2n) is 14.1. The molecule has 4 aliphatic rings. The van der Waals surface area contributed by atoms with Gasteiger partial charge in [-0.25, -0.2) is 9.59 Å². The van der Waals surface area contributed by atoms with Crippen LogP contribution in [0.1, 0.15) is 98.3 Å². The molecule has 0 aromatic carbocycles. The van der Waals surface area contributed by atoms with Crippen LogP contribution in [-0.2, 0) is 23.2 Å². The highest BCUT2D eigenvalue weighted by Gasteiger charge is 2.61. The zero-order chi connectivity index (χ0) is 33.9. The molecule has 270 valence electrons. The van der Waals surface area contributed by atoms with Gasteiger partial charge in [-0.2, -0.15) is 11.8 Å². The molecule has 4 fully saturated rings. The second kappa shape index (κ2) is 18.4. The third-order valence-corrected chi connectivity index (χ3v) is 14.8. The number of thioether (sulfide) groups is 1. The Morgan fingerprint density at radius 2 is 1.74 bits per heavy atom. The summed E-state index contributed by atoms with van der Waals surface area (Å²) < 4.78 is 24.3. The average Bonchev–Trinajstić information content (AvgIpc) is 3.54. The highest BCUT2D eigenvalue weighted by atomic mass is 32.3. The quantitative estimate of drug-likeness (QED) is 0.0564. The van der Waals surface area contributed by atoms with Gasteiger partial charge in [0.05, 0.1) is 29.5 Å². The van der Waals surface area contributed by atoms with Crippen LogP contribution in [0.25, 0.3) is 0 Å². The number of methoxy groups -OCH3 is 1. The molecule has 0 bridgehead atoms. The minimum Gasteiger partial charge on any atom is -0.443 e. The monoisotopic (exact) mass is 700 g/mol. The number of hydrogen-bond donors (Lipinski definition) is 4. The second-order valence-corrected chi connectivity index (χ2v) is 18.5. The lowest BCUT2D eigenvalue weighted by Gasteiger charge is -2.49. The number of ether oxygens (including phenoxy) is 3. The third-order valence-electron chi connectivity index (χ3n) is 9.73. The first-order valence-electron chi connectivity index (χ1n) is 17.7. The molecule has 1 unspecified atom stereocenters. The summed E-state index contributed by atoms with van der Waals surface area (Å²) in [6.07, 6.45) is 11.6. The van der Waals surface area contributed by atoms with Gasteiger partial charge in [0.1, 0.15) is 18.1 Å². The Bertz CT molecular complexity index is 1070. The summed E-state index contributed by atoms with van der Waals surface area (Å²) in [7, 11) is 0.413. The Morgan fingerprint density at radius 1 is 1.04 bits per heavy atom. The van der Waals surface area contributed by atoms with E-state index in [9.17, 15) is 14.4 Å². The van der Waals surface area contributed by atoms with Crippen LogP contribution in [0.2, 0.25) is 0 Å². The molecule has 0 saturated carbocycles. The van der Waals surface area contributed by atoms with Crippen molar-refractivity contribution in [2.75, 3.05) is 44.3 Å². The Balaban J connectivity index is 0.996. The summed E-state index contributed by atoms with van der Waals surface area (Å²) in [5.41, 5.74) is 0.740. The third kappa shape index (κ3) is 11.4. The van der Waals surface area contributed by atoms with Crippen LogP contribution in [0, 0.1) is 0 Å². The highest BCUT2D eigenvalue weighted by Crippen LogP contribution is 2.73. The van der Waals surface area contributed by atoms with Gasteiger partial charge < -0.3 is 39.7 Å². The number of nitrogens with one attached hydrogen (secondary N) is 4. The fourth-order valence-electron chi connectivity index (χ4n) is 7.11. The van der Waals surface area contributed by atoms with Gasteiger partial charge in [0.2, 0.25) is 5.91 Å². The number of rotatable bonds is 20. The summed E-state index contributed by atoms with van der Waals surface area (Å²) >= 11 is 1.92. The lowest BCUT2D eigenvalue weighted by molar-refractivity contribution is -0.121. The van der Waals surface area contributed by atoms with E-state index in [1.54, 1.807) is 7.11 Å². The number of hydrogen-bond acceptors (Lipinski definition) is 8. The van der Waals surface area contributed by atoms with E-state index < -0.39 is 15.9 Å². The minimum absolute atomic E-state index is 0.0293. The maximum absolute atomic E-state index is 12.7. The minimum atomic E-state index is -1.28. The summed E-state index contributed by atoms with van der Waals surface area (Å²) in [4.78, 5) is 36.4. The predicted molar refractivity (Wildman–Crippen MR) is 190 cm³/mol. The van der Waals surface area contributed by atoms with E-state index in [2.05, 4.69) is 55.0 Å². The molecule has 4 amide bonds. The first-order chi connectivity index (χ1) is 22.5. The van der Waals surface area contributed by atoms with Gasteiger partial charge >= 0.3 is 12.1 Å². The SMILES string of the molecule is CO[C@H]1[C@H](C(C)(C)OCC=C(C)C)S2(CC[C@H]1OC(=O)NCCCCCCCCNC(=O)CCCC[C@@H]1SC[C@@H]3NC(=O)N[C@@H]31)CO2. The first kappa shape index (κ1) is 38.1. The number of amides is 4. The molecule has 4 aliphatic heterocycles. The maximum Gasteiger partial charge on any atom is 0.407 e. The number of carbonyl (C=O) groups excluding carboxylic acids is 3. The van der Waals surface area contributed by atoms with Crippen LogP contribution in [-0.4, -0.2) is 103 Å². The topological polar surface area (TPSA) is 140 Å². The van der Waals surface area contributed by atoms with E-state index >= 15 is 0 Å². The van der Waals surface area contributed by atoms with Crippen LogP contribution in [0.15, 0.2) is 11.6 Å². The van der Waals surface area contributed by atoms with Crippen molar-refractivity contribution < 1.29 is 32.8 Å². The van der Waals surface area contributed by atoms with Crippen molar-refractivity contribution in [1.82, 2.24) is 21.3 Å². The lowest BCUT2D eigenvalue weighted by Crippen LogP contribution is -2.57. The van der Waals surface area contributed by atoms with Crippen molar-refractivity contribution in [3.8, 4) is 0 Å². The van der Waals surface area contributed by atoms with Crippen molar-refractivity contribution in [2.24, 2.45) is 0 Å². The van der Waals surface area contributed by atoms with Crippen LogP contribution in [0.3, 0.4) is 0 Å². The zero-order valence-electron chi connectivity index (χ0n) is 29.2. The van der Waals surface area contributed by atoms with Gasteiger partial charge in [0.15, 0.2) is 0 Å². The van der Waals surface area contributed by atoms with Crippen molar-refractivity contribution in [3.05, 3.63) is 11.6 Å². The molecule has 4 saturated heterocycles. The largest absolute Gasteiger partial charge is 0.443 e. The number of fused-ring (bicyclic) bond motifs is 1. The van der Waals surface area contributed by atoms with Gasteiger partial charge in [-0.15, -0.1) is 10.3 Å². The number of urea groups is 1. The maximum atomic E-state index is 12.7. The van der Waals surface area contributed by atoms with Gasteiger partial charge in [0, 0.05) is 43.4 Å². The number of alkyl carbamates (subject to hydrolysis) is 1. The number of carbonyl (C=O) groups is 3. The van der Waals surface area contributed by atoms with Crippen LogP contribution < -0.4 is 21.3 Å². The Labute approximate surface area is 288 Å². The summed E-state index contributed by atoms with van der Waals surface area (Å²) in [5, 5.41) is 12.5. The van der Waals surface area contributed by atoms with E-state index in [1.807, 2.05) is 11.8 Å². The van der Waals surface area contributed by atoms with Gasteiger partial charge in [-0.05, 0) is 59.8 Å². The molecule has 0 aromatic heterocycles. The van der Waals surface area contributed by atoms with E-state index in [0.717, 1.165) is 88.2 Å². The van der Waals surface area contributed by atoms with Crippen molar-refractivity contribution in [2.45, 2.75) is 139 Å². The predicted octanol–water partition coefficient (Wildman–Crippen LogP) is 5.52. The molecule has 0 aromatic rings. The molecule has 1 spiro atoms. The van der Waals surface area contributed by atoms with E-state index in [0.29, 0.717) is 24.8 Å². The number of allylic oxidation sites excluding steroid dienone is 1. The summed E-state index contributed by atoms with van der Waals surface area (Å²) in [5.74, 6) is 2.77. The fraction of sp³-hybridized carbons (Fsp3) is 0.853. The molecule has 13 heteroatoms. The summed E-state index contributed by atoms with van der Waals surface area (Å²) in [6, 6.07) is 0.450. The smallest absolute Gasteiger partial charge is 0.407 e. The molecule has 11 nitrogen and oxygen atoms in total. The molecule has 4 rings (SSSR count). The van der Waals surface area contributed by atoms with Crippen LogP contribution in [0.4, 0.5) is 9.59 Å². The highest BCUT2D eigenvalue weighted by molar-refractivity contribution is 8.34. The average molecular weight is 701 g/mol. The van der Waals surface area contributed by atoms with Crippen molar-refractivity contribution in [3.63, 3.8) is 0 Å². The zero-order valence-corrected chi connectivity index (χ0v) is 30.9. The molecular formula is C34H60N4O7S2. The fourth-order valence-corrected chi connectivity index (χ4v) is 12.4. The Morgan fingerprint density at radius 3 is 2.43 bits per heavy atom. The van der Waals surface area contributed by atoms with E-state index in [-0.39, 0.29) is 47.6 Å². The van der Waals surface area contributed by atoms with E-state index in [1.165, 1.54) is 5.57 Å². The standard InChI is InChI=1S/C34H60N4O7S2/c1-24(2)16-20-43-34(3,4)31-30(42-5)26(17-21-47(31)23-44-47)45-33(41)36-19-13-9-7-6-8-12-18-35-28(39)15-11-10-14-27-29-25(22-46-27)37-32(40)38-29/h16,25-27,29-31H,6-15,17-23H2,1-5H3,(H,35,39)(H,36,41)(H2,37,38,40)/t25-,26+,27-,29-,30+,31+/m0/s1. The van der Waals surface area contributed by atoms with Crippen molar-refractivity contribution in [1.29, 1.82) is 0 Å². The molecular weight excluding hydrogens is 641 g/mol. The molecule has 4 heterocycles. The molecule has 4 N–H and O–H groups in total.